The summed E-state index contributed by atoms with van der Waals surface area (Å²) in [6.07, 6.45) is 4.72. The highest BCUT2D eigenvalue weighted by molar-refractivity contribution is 5.29. The van der Waals surface area contributed by atoms with Gasteiger partial charge in [0.1, 0.15) is 0 Å². The summed E-state index contributed by atoms with van der Waals surface area (Å²) >= 11 is 0. The number of rotatable bonds is 1. The number of aryl methyl sites for hydroxylation is 1. The summed E-state index contributed by atoms with van der Waals surface area (Å²) in [5.41, 5.74) is 3.64. The first kappa shape index (κ1) is 10.3. The van der Waals surface area contributed by atoms with E-state index in [1.165, 1.54) is 5.56 Å². The number of nitrogens with one attached hydrogen (secondary N) is 1. The van der Waals surface area contributed by atoms with E-state index in [2.05, 4.69) is 29.2 Å². The Balaban J connectivity index is 1.96. The predicted octanol–water partition coefficient (Wildman–Crippen LogP) is 2.65. The minimum absolute atomic E-state index is 0.180. The fraction of sp³-hybridized carbons (Fsp3) is 0.267. The number of aromatic amines is 1. The SMILES string of the molecule is O=c1cc[nH]c2c1CC(c1ccccc1)CC2. The maximum atomic E-state index is 11.8. The lowest BCUT2D eigenvalue weighted by molar-refractivity contribution is 0.571. The molecule has 0 saturated heterocycles. The molecule has 1 N–H and O–H groups in total. The number of H-pyrrole nitrogens is 1. The topological polar surface area (TPSA) is 32.9 Å². The molecule has 1 aliphatic carbocycles. The van der Waals surface area contributed by atoms with Gasteiger partial charge in [-0.3, -0.25) is 4.79 Å². The monoisotopic (exact) mass is 225 g/mol. The van der Waals surface area contributed by atoms with Crippen molar-refractivity contribution in [3.8, 4) is 0 Å². The molecule has 2 nitrogen and oxygen atoms in total. The molecule has 1 aliphatic rings. The van der Waals surface area contributed by atoms with E-state index in [1.807, 2.05) is 6.07 Å². The van der Waals surface area contributed by atoms with E-state index < -0.39 is 0 Å². The molecule has 0 aliphatic heterocycles. The van der Waals surface area contributed by atoms with Crippen LogP contribution < -0.4 is 5.43 Å². The Kier molecular flexibility index (Phi) is 2.56. The molecular formula is C15H15NO. The average Bonchev–Trinajstić information content (AvgIpc) is 2.40. The largest absolute Gasteiger partial charge is 0.365 e. The maximum Gasteiger partial charge on any atom is 0.185 e. The van der Waals surface area contributed by atoms with Crippen molar-refractivity contribution in [2.75, 3.05) is 0 Å². The fourth-order valence-electron chi connectivity index (χ4n) is 2.68. The summed E-state index contributed by atoms with van der Waals surface area (Å²) < 4.78 is 0. The molecule has 0 amide bonds. The molecular weight excluding hydrogens is 210 g/mol. The van der Waals surface area contributed by atoms with Crippen molar-refractivity contribution in [3.63, 3.8) is 0 Å². The summed E-state index contributed by atoms with van der Waals surface area (Å²) in [4.78, 5) is 15.0. The van der Waals surface area contributed by atoms with Crippen LogP contribution in [0.1, 0.15) is 29.2 Å². The smallest absolute Gasteiger partial charge is 0.185 e. The van der Waals surface area contributed by atoms with E-state index >= 15 is 0 Å². The van der Waals surface area contributed by atoms with Gasteiger partial charge in [-0.15, -0.1) is 0 Å². The molecule has 3 rings (SSSR count). The lowest BCUT2D eigenvalue weighted by Gasteiger charge is -2.23. The van der Waals surface area contributed by atoms with Gasteiger partial charge in [-0.25, -0.2) is 0 Å². The summed E-state index contributed by atoms with van der Waals surface area (Å²) in [6.45, 7) is 0. The zero-order chi connectivity index (χ0) is 11.7. The van der Waals surface area contributed by atoms with Crippen LogP contribution in [0.4, 0.5) is 0 Å². The number of pyridine rings is 1. The van der Waals surface area contributed by atoms with Gasteiger partial charge >= 0.3 is 0 Å². The highest BCUT2D eigenvalue weighted by Crippen LogP contribution is 2.29. The summed E-state index contributed by atoms with van der Waals surface area (Å²) in [6, 6.07) is 12.1. The van der Waals surface area contributed by atoms with Crippen LogP contribution in [0.5, 0.6) is 0 Å². The van der Waals surface area contributed by atoms with Crippen molar-refractivity contribution >= 4 is 0 Å². The van der Waals surface area contributed by atoms with Crippen LogP contribution in [0.15, 0.2) is 47.4 Å². The Hall–Kier alpha value is -1.83. The van der Waals surface area contributed by atoms with Crippen molar-refractivity contribution in [1.82, 2.24) is 4.98 Å². The van der Waals surface area contributed by atoms with E-state index in [9.17, 15) is 4.79 Å². The van der Waals surface area contributed by atoms with Crippen LogP contribution in [0.25, 0.3) is 0 Å². The number of hydrogen-bond donors (Lipinski definition) is 1. The third kappa shape index (κ3) is 1.91. The van der Waals surface area contributed by atoms with Crippen LogP contribution in [0.2, 0.25) is 0 Å². The van der Waals surface area contributed by atoms with Gasteiger partial charge in [0, 0.05) is 23.5 Å². The van der Waals surface area contributed by atoms with Gasteiger partial charge in [-0.2, -0.15) is 0 Å². The Morgan fingerprint density at radius 3 is 2.76 bits per heavy atom. The third-order valence-corrected chi connectivity index (χ3v) is 3.62. The molecule has 1 unspecified atom stereocenters. The number of hydrogen-bond acceptors (Lipinski definition) is 1. The quantitative estimate of drug-likeness (QED) is 0.795. The van der Waals surface area contributed by atoms with Crippen LogP contribution >= 0.6 is 0 Å². The van der Waals surface area contributed by atoms with E-state index in [1.54, 1.807) is 12.3 Å². The van der Waals surface area contributed by atoms with Crippen molar-refractivity contribution in [3.05, 3.63) is 69.6 Å². The van der Waals surface area contributed by atoms with Gasteiger partial charge in [0.15, 0.2) is 5.43 Å². The van der Waals surface area contributed by atoms with Crippen LogP contribution in [-0.4, -0.2) is 4.98 Å². The molecule has 0 bridgehead atoms. The van der Waals surface area contributed by atoms with Gasteiger partial charge < -0.3 is 4.98 Å². The van der Waals surface area contributed by atoms with Crippen LogP contribution in [0.3, 0.4) is 0 Å². The normalized spacial score (nSPS) is 18.7. The predicted molar refractivity (Wildman–Crippen MR) is 68.3 cm³/mol. The van der Waals surface area contributed by atoms with Gasteiger partial charge in [0.25, 0.3) is 0 Å². The molecule has 0 saturated carbocycles. The van der Waals surface area contributed by atoms with Gasteiger partial charge in [-0.05, 0) is 30.7 Å². The van der Waals surface area contributed by atoms with Crippen molar-refractivity contribution in [2.24, 2.45) is 0 Å². The molecule has 1 atom stereocenters. The molecule has 1 aromatic carbocycles. The molecule has 2 aromatic rings. The van der Waals surface area contributed by atoms with Gasteiger partial charge in [-0.1, -0.05) is 30.3 Å². The molecule has 0 spiro atoms. The van der Waals surface area contributed by atoms with E-state index in [4.69, 9.17) is 0 Å². The Morgan fingerprint density at radius 1 is 1.12 bits per heavy atom. The highest BCUT2D eigenvalue weighted by Gasteiger charge is 2.21. The van der Waals surface area contributed by atoms with E-state index in [0.29, 0.717) is 5.92 Å². The van der Waals surface area contributed by atoms with E-state index in [0.717, 1.165) is 30.5 Å². The summed E-state index contributed by atoms with van der Waals surface area (Å²) in [7, 11) is 0. The number of aromatic nitrogens is 1. The first-order valence-electron chi connectivity index (χ1n) is 6.09. The molecule has 86 valence electrons. The maximum absolute atomic E-state index is 11.8. The lowest BCUT2D eigenvalue weighted by Crippen LogP contribution is -2.21. The second-order valence-corrected chi connectivity index (χ2v) is 4.65. The standard InChI is InChI=1S/C15H15NO/c17-15-8-9-16-14-7-6-12(10-13(14)15)11-4-2-1-3-5-11/h1-5,8-9,12H,6-7,10H2,(H,16,17). The van der Waals surface area contributed by atoms with Gasteiger partial charge in [0.2, 0.25) is 0 Å². The zero-order valence-electron chi connectivity index (χ0n) is 9.65. The minimum Gasteiger partial charge on any atom is -0.365 e. The molecule has 17 heavy (non-hydrogen) atoms. The fourth-order valence-corrected chi connectivity index (χ4v) is 2.68. The minimum atomic E-state index is 0.180. The van der Waals surface area contributed by atoms with Crippen LogP contribution in [-0.2, 0) is 12.8 Å². The lowest BCUT2D eigenvalue weighted by atomic mass is 9.82. The Morgan fingerprint density at radius 2 is 1.94 bits per heavy atom. The number of fused-ring (bicyclic) bond motifs is 1. The van der Waals surface area contributed by atoms with Crippen molar-refractivity contribution < 1.29 is 0 Å². The third-order valence-electron chi connectivity index (χ3n) is 3.62. The second kappa shape index (κ2) is 4.21. The zero-order valence-corrected chi connectivity index (χ0v) is 9.65. The molecule has 2 heteroatoms. The molecule has 1 heterocycles. The molecule has 0 radical (unpaired) electrons. The Bertz CT molecular complexity index is 571. The van der Waals surface area contributed by atoms with Crippen molar-refractivity contribution in [2.45, 2.75) is 25.2 Å². The van der Waals surface area contributed by atoms with Crippen LogP contribution in [0, 0.1) is 0 Å². The highest BCUT2D eigenvalue weighted by atomic mass is 16.1. The van der Waals surface area contributed by atoms with Gasteiger partial charge in [0.05, 0.1) is 0 Å². The second-order valence-electron chi connectivity index (χ2n) is 4.65. The molecule has 1 aromatic heterocycles. The first-order valence-corrected chi connectivity index (χ1v) is 6.09. The first-order chi connectivity index (χ1) is 8.34. The molecule has 0 fully saturated rings. The summed E-state index contributed by atoms with van der Waals surface area (Å²) in [5, 5.41) is 0. The Labute approximate surface area is 100 Å². The van der Waals surface area contributed by atoms with Crippen molar-refractivity contribution in [1.29, 1.82) is 0 Å². The van der Waals surface area contributed by atoms with E-state index in [-0.39, 0.29) is 5.43 Å². The summed E-state index contributed by atoms with van der Waals surface area (Å²) in [5.74, 6) is 0.493. The average molecular weight is 225 g/mol. The number of benzene rings is 1.